The van der Waals surface area contributed by atoms with E-state index in [1.165, 1.54) is 5.56 Å². The molecule has 0 spiro atoms. The summed E-state index contributed by atoms with van der Waals surface area (Å²) in [7, 11) is 0. The van der Waals surface area contributed by atoms with Gasteiger partial charge in [0.25, 0.3) is 11.8 Å². The van der Waals surface area contributed by atoms with Gasteiger partial charge in [-0.25, -0.2) is 0 Å². The van der Waals surface area contributed by atoms with Crippen molar-refractivity contribution in [2.45, 2.75) is 38.6 Å². The maximum Gasteiger partial charge on any atom is 0.254 e. The molecule has 2 amide bonds. The molecule has 0 aliphatic carbocycles. The topological polar surface area (TPSA) is 59.1 Å². The van der Waals surface area contributed by atoms with E-state index in [4.69, 9.17) is 9.47 Å². The van der Waals surface area contributed by atoms with Crippen molar-refractivity contribution in [3.05, 3.63) is 65.2 Å². The van der Waals surface area contributed by atoms with Gasteiger partial charge in [0.15, 0.2) is 0 Å². The Kier molecular flexibility index (Phi) is 7.10. The van der Waals surface area contributed by atoms with E-state index in [9.17, 15) is 9.59 Å². The second-order valence-corrected chi connectivity index (χ2v) is 8.81. The molecule has 0 unspecified atom stereocenters. The molecule has 0 N–H and O–H groups in total. The van der Waals surface area contributed by atoms with E-state index in [1.54, 1.807) is 12.1 Å². The smallest absolute Gasteiger partial charge is 0.254 e. The molecule has 2 aliphatic rings. The van der Waals surface area contributed by atoms with Gasteiger partial charge in [-0.3, -0.25) is 9.59 Å². The number of benzene rings is 2. The number of amides is 2. The molecular formula is C26H32N2O4. The quantitative estimate of drug-likeness (QED) is 0.688. The fraction of sp³-hybridized carbons (Fsp3) is 0.462. The first kappa shape index (κ1) is 22.3. The number of morpholine rings is 1. The highest BCUT2D eigenvalue weighted by Crippen LogP contribution is 2.23. The zero-order valence-electron chi connectivity index (χ0n) is 19.0. The van der Waals surface area contributed by atoms with Crippen molar-refractivity contribution >= 4 is 11.8 Å². The maximum atomic E-state index is 13.0. The Morgan fingerprint density at radius 3 is 2.22 bits per heavy atom. The summed E-state index contributed by atoms with van der Waals surface area (Å²) in [5.74, 6) is 1.25. The molecule has 4 rings (SSSR count). The lowest BCUT2D eigenvalue weighted by Gasteiger charge is -2.27. The fourth-order valence-corrected chi connectivity index (χ4v) is 4.29. The predicted octanol–water partition coefficient (Wildman–Crippen LogP) is 3.97. The van der Waals surface area contributed by atoms with Crippen LogP contribution in [0.4, 0.5) is 0 Å². The summed E-state index contributed by atoms with van der Waals surface area (Å²) in [5, 5.41) is 0. The lowest BCUT2D eigenvalue weighted by atomic mass is 10.0. The largest absolute Gasteiger partial charge is 0.491 e. The Labute approximate surface area is 190 Å². The van der Waals surface area contributed by atoms with Crippen molar-refractivity contribution in [3.63, 3.8) is 0 Å². The van der Waals surface area contributed by atoms with Crippen molar-refractivity contribution in [2.75, 3.05) is 39.5 Å². The Hall–Kier alpha value is -2.86. The van der Waals surface area contributed by atoms with Crippen LogP contribution in [0.2, 0.25) is 0 Å². The van der Waals surface area contributed by atoms with Gasteiger partial charge in [-0.1, -0.05) is 26.0 Å². The third-order valence-electron chi connectivity index (χ3n) is 6.30. The molecule has 6 heteroatoms. The first-order valence-corrected chi connectivity index (χ1v) is 11.5. The zero-order valence-corrected chi connectivity index (χ0v) is 19.0. The number of carbonyl (C=O) groups excluding carboxylic acids is 2. The van der Waals surface area contributed by atoms with Crippen LogP contribution < -0.4 is 4.74 Å². The Bertz CT molecular complexity index is 918. The van der Waals surface area contributed by atoms with Crippen molar-refractivity contribution in [2.24, 2.45) is 0 Å². The van der Waals surface area contributed by atoms with E-state index >= 15 is 0 Å². The molecule has 0 saturated carbocycles. The molecule has 2 aromatic rings. The fourth-order valence-electron chi connectivity index (χ4n) is 4.29. The zero-order chi connectivity index (χ0) is 22.5. The summed E-state index contributed by atoms with van der Waals surface area (Å²) in [4.78, 5) is 29.4. The van der Waals surface area contributed by atoms with Crippen LogP contribution in [0.1, 0.15) is 58.9 Å². The highest BCUT2D eigenvalue weighted by Gasteiger charge is 2.30. The van der Waals surface area contributed by atoms with Gasteiger partial charge >= 0.3 is 0 Å². The molecule has 6 nitrogen and oxygen atoms in total. The van der Waals surface area contributed by atoms with Crippen LogP contribution in [0.25, 0.3) is 0 Å². The summed E-state index contributed by atoms with van der Waals surface area (Å²) < 4.78 is 11.3. The summed E-state index contributed by atoms with van der Waals surface area (Å²) in [6.07, 6.45) is 1.92. The summed E-state index contributed by atoms with van der Waals surface area (Å²) in [6, 6.07) is 15.3. The number of hydrogen-bond acceptors (Lipinski definition) is 4. The molecule has 0 aromatic heterocycles. The van der Waals surface area contributed by atoms with E-state index in [2.05, 4.69) is 13.8 Å². The lowest BCUT2D eigenvalue weighted by Crippen LogP contribution is -2.40. The van der Waals surface area contributed by atoms with Crippen LogP contribution in [0.15, 0.2) is 48.5 Å². The highest BCUT2D eigenvalue weighted by atomic mass is 16.5. The molecule has 2 fully saturated rings. The van der Waals surface area contributed by atoms with Crippen molar-refractivity contribution in [3.8, 4) is 5.75 Å². The molecule has 1 atom stereocenters. The highest BCUT2D eigenvalue weighted by molar-refractivity contribution is 5.95. The van der Waals surface area contributed by atoms with Crippen molar-refractivity contribution < 1.29 is 19.1 Å². The number of hydrogen-bond donors (Lipinski definition) is 0. The molecule has 0 bridgehead atoms. The van der Waals surface area contributed by atoms with Gasteiger partial charge in [0, 0.05) is 30.8 Å². The van der Waals surface area contributed by atoms with Gasteiger partial charge in [-0.05, 0) is 60.7 Å². The van der Waals surface area contributed by atoms with E-state index in [1.807, 2.05) is 46.2 Å². The van der Waals surface area contributed by atoms with Crippen LogP contribution in [0.3, 0.4) is 0 Å². The molecule has 32 heavy (non-hydrogen) atoms. The second kappa shape index (κ2) is 10.2. The van der Waals surface area contributed by atoms with Gasteiger partial charge in [0.2, 0.25) is 0 Å². The minimum atomic E-state index is 0.0240. The molecule has 2 aromatic carbocycles. The first-order chi connectivity index (χ1) is 15.5. The van der Waals surface area contributed by atoms with Gasteiger partial charge in [0.05, 0.1) is 19.3 Å². The standard InChI is InChI=1S/C26H32N2O4/c1-19(2)20-5-7-22(8-6-20)26(30)28-13-3-4-23(28)18-32-24-11-9-21(10-12-24)25(29)27-14-16-31-17-15-27/h5-12,19,23H,3-4,13-18H2,1-2H3/t23-/m0/s1. The van der Waals surface area contributed by atoms with E-state index in [0.717, 1.165) is 24.9 Å². The third kappa shape index (κ3) is 5.13. The number of carbonyl (C=O) groups is 2. The summed E-state index contributed by atoms with van der Waals surface area (Å²) in [6.45, 7) is 7.94. The number of ether oxygens (including phenoxy) is 2. The first-order valence-electron chi connectivity index (χ1n) is 11.5. The van der Waals surface area contributed by atoms with Crippen LogP contribution in [-0.2, 0) is 4.74 Å². The average Bonchev–Trinajstić information content (AvgIpc) is 3.31. The minimum Gasteiger partial charge on any atom is -0.491 e. The Morgan fingerprint density at radius 2 is 1.56 bits per heavy atom. The monoisotopic (exact) mass is 436 g/mol. The van der Waals surface area contributed by atoms with Crippen molar-refractivity contribution in [1.29, 1.82) is 0 Å². The molecule has 170 valence electrons. The van der Waals surface area contributed by atoms with Crippen LogP contribution >= 0.6 is 0 Å². The maximum absolute atomic E-state index is 13.0. The van der Waals surface area contributed by atoms with E-state index in [0.29, 0.717) is 50.1 Å². The van der Waals surface area contributed by atoms with E-state index < -0.39 is 0 Å². The molecule has 0 radical (unpaired) electrons. The molecule has 2 aliphatic heterocycles. The molecule has 2 saturated heterocycles. The minimum absolute atomic E-state index is 0.0240. The van der Waals surface area contributed by atoms with Crippen molar-refractivity contribution in [1.82, 2.24) is 9.80 Å². The number of rotatable bonds is 6. The van der Waals surface area contributed by atoms with Gasteiger partial charge in [-0.2, -0.15) is 0 Å². The molecular weight excluding hydrogens is 404 g/mol. The number of likely N-dealkylation sites (tertiary alicyclic amines) is 1. The average molecular weight is 437 g/mol. The van der Waals surface area contributed by atoms with Gasteiger partial charge < -0.3 is 19.3 Å². The molecule has 2 heterocycles. The Balaban J connectivity index is 1.33. The van der Waals surface area contributed by atoms with E-state index in [-0.39, 0.29) is 17.9 Å². The normalized spacial score (nSPS) is 18.8. The second-order valence-electron chi connectivity index (χ2n) is 8.81. The third-order valence-corrected chi connectivity index (χ3v) is 6.30. The SMILES string of the molecule is CC(C)c1ccc(C(=O)N2CCC[C@H]2COc2ccc(C(=O)N3CCOCC3)cc2)cc1. The van der Waals surface area contributed by atoms with Crippen LogP contribution in [0, 0.1) is 0 Å². The van der Waals surface area contributed by atoms with Gasteiger partial charge in [0.1, 0.15) is 12.4 Å². The predicted molar refractivity (Wildman–Crippen MR) is 123 cm³/mol. The van der Waals surface area contributed by atoms with Gasteiger partial charge in [-0.15, -0.1) is 0 Å². The van der Waals surface area contributed by atoms with Crippen LogP contribution in [-0.4, -0.2) is 67.1 Å². The van der Waals surface area contributed by atoms with Crippen LogP contribution in [0.5, 0.6) is 5.75 Å². The lowest BCUT2D eigenvalue weighted by molar-refractivity contribution is 0.0303. The number of nitrogens with zero attached hydrogens (tertiary/aromatic N) is 2. The summed E-state index contributed by atoms with van der Waals surface area (Å²) >= 11 is 0. The summed E-state index contributed by atoms with van der Waals surface area (Å²) in [5.41, 5.74) is 2.62. The Morgan fingerprint density at radius 1 is 0.938 bits per heavy atom.